The molecule has 1 aliphatic rings. The third-order valence-corrected chi connectivity index (χ3v) is 6.28. The summed E-state index contributed by atoms with van der Waals surface area (Å²) < 4.78 is 5.32. The van der Waals surface area contributed by atoms with Crippen molar-refractivity contribution in [3.05, 3.63) is 59.2 Å². The Kier molecular flexibility index (Phi) is 7.38. The molecule has 0 saturated carbocycles. The number of methoxy groups -OCH3 is 1. The van der Waals surface area contributed by atoms with Crippen molar-refractivity contribution in [1.82, 2.24) is 4.90 Å². The Hall–Kier alpha value is -2.00. The van der Waals surface area contributed by atoms with Crippen LogP contribution in [0, 0.1) is 0 Å². The second-order valence-electron chi connectivity index (χ2n) is 8.03. The van der Waals surface area contributed by atoms with Gasteiger partial charge in [0, 0.05) is 12.1 Å². The fraction of sp³-hybridized carbons (Fsp3) is 0.520. The summed E-state index contributed by atoms with van der Waals surface area (Å²) >= 11 is 0. The Morgan fingerprint density at radius 1 is 0.893 bits per heavy atom. The van der Waals surface area contributed by atoms with Crippen LogP contribution in [0.15, 0.2) is 42.5 Å². The molecule has 3 nitrogen and oxygen atoms in total. The van der Waals surface area contributed by atoms with Crippen LogP contribution >= 0.6 is 0 Å². The monoisotopic (exact) mass is 381 g/mol. The van der Waals surface area contributed by atoms with Gasteiger partial charge in [0.2, 0.25) is 0 Å². The van der Waals surface area contributed by atoms with E-state index in [9.17, 15) is 5.11 Å². The minimum absolute atomic E-state index is 0.432. The number of aromatic hydroxyl groups is 1. The lowest BCUT2D eigenvalue weighted by atomic mass is 9.78. The summed E-state index contributed by atoms with van der Waals surface area (Å²) in [4.78, 5) is 2.48. The van der Waals surface area contributed by atoms with Crippen molar-refractivity contribution in [2.75, 3.05) is 20.2 Å². The first kappa shape index (κ1) is 20.7. The Balaban J connectivity index is 1.84. The molecular formula is C25H35NO2. The van der Waals surface area contributed by atoms with Crippen molar-refractivity contribution in [2.45, 2.75) is 64.3 Å². The number of hydrogen-bond donors (Lipinski definition) is 1. The summed E-state index contributed by atoms with van der Waals surface area (Å²) in [6, 6.07) is 14.8. The molecule has 1 N–H and O–H groups in total. The SMILES string of the molecule is CC[C@@H](c1ccc(OC)cc1)[C@@H](CC)c1ccc(O)c(CN2CCCCC2)c1. The van der Waals surface area contributed by atoms with Gasteiger partial charge in [-0.2, -0.15) is 0 Å². The van der Waals surface area contributed by atoms with Crippen LogP contribution in [0.1, 0.15) is 74.5 Å². The molecule has 0 aromatic heterocycles. The molecule has 0 unspecified atom stereocenters. The predicted octanol–water partition coefficient (Wildman–Crippen LogP) is 6.07. The molecule has 2 aromatic carbocycles. The van der Waals surface area contributed by atoms with Crippen LogP contribution < -0.4 is 4.74 Å². The molecule has 0 spiro atoms. The van der Waals surface area contributed by atoms with E-state index in [-0.39, 0.29) is 0 Å². The van der Waals surface area contributed by atoms with E-state index < -0.39 is 0 Å². The molecule has 0 bridgehead atoms. The summed E-state index contributed by atoms with van der Waals surface area (Å²) in [5.41, 5.74) is 3.78. The smallest absolute Gasteiger partial charge is 0.120 e. The standard InChI is InChI=1S/C25H35NO2/c1-4-23(19-9-12-22(28-3)13-10-19)24(5-2)20-11-14-25(27)21(17-20)18-26-15-7-6-8-16-26/h9-14,17,23-24,27H,4-8,15-16,18H2,1-3H3/t23-,24-/m0/s1. The average Bonchev–Trinajstić information content (AvgIpc) is 2.74. The van der Waals surface area contributed by atoms with Gasteiger partial charge in [-0.15, -0.1) is 0 Å². The normalized spacial score (nSPS) is 17.2. The van der Waals surface area contributed by atoms with Crippen molar-refractivity contribution in [3.63, 3.8) is 0 Å². The van der Waals surface area contributed by atoms with Crippen molar-refractivity contribution in [2.24, 2.45) is 0 Å². The molecule has 1 heterocycles. The fourth-order valence-electron chi connectivity index (χ4n) is 4.68. The zero-order valence-corrected chi connectivity index (χ0v) is 17.7. The summed E-state index contributed by atoms with van der Waals surface area (Å²) in [5.74, 6) is 2.24. The van der Waals surface area contributed by atoms with Crippen LogP contribution in [0.5, 0.6) is 11.5 Å². The van der Waals surface area contributed by atoms with Crippen LogP contribution in [-0.2, 0) is 6.54 Å². The van der Waals surface area contributed by atoms with Gasteiger partial charge >= 0.3 is 0 Å². The van der Waals surface area contributed by atoms with Gasteiger partial charge in [-0.05, 0) is 79.9 Å². The molecule has 1 fully saturated rings. The molecule has 3 heteroatoms. The number of likely N-dealkylation sites (tertiary alicyclic amines) is 1. The van der Waals surface area contributed by atoms with Gasteiger partial charge in [0.25, 0.3) is 0 Å². The second-order valence-corrected chi connectivity index (χ2v) is 8.03. The van der Waals surface area contributed by atoms with E-state index in [2.05, 4.69) is 55.1 Å². The maximum atomic E-state index is 10.5. The van der Waals surface area contributed by atoms with Crippen molar-refractivity contribution in [3.8, 4) is 11.5 Å². The molecule has 0 aliphatic carbocycles. The average molecular weight is 382 g/mol. The lowest BCUT2D eigenvalue weighted by molar-refractivity contribution is 0.218. The number of hydrogen-bond acceptors (Lipinski definition) is 3. The zero-order valence-electron chi connectivity index (χ0n) is 17.7. The molecule has 152 valence electrons. The second kappa shape index (κ2) is 9.97. The minimum Gasteiger partial charge on any atom is -0.508 e. The van der Waals surface area contributed by atoms with Crippen LogP contribution in [0.3, 0.4) is 0 Å². The van der Waals surface area contributed by atoms with Gasteiger partial charge < -0.3 is 9.84 Å². The van der Waals surface area contributed by atoms with Crippen LogP contribution in [-0.4, -0.2) is 30.2 Å². The third-order valence-electron chi connectivity index (χ3n) is 6.28. The van der Waals surface area contributed by atoms with Crippen molar-refractivity contribution < 1.29 is 9.84 Å². The first-order valence-electron chi connectivity index (χ1n) is 10.8. The highest BCUT2D eigenvalue weighted by Crippen LogP contribution is 2.39. The van der Waals surface area contributed by atoms with E-state index in [1.807, 2.05) is 6.07 Å². The Bertz CT molecular complexity index is 735. The Morgan fingerprint density at radius 2 is 1.50 bits per heavy atom. The number of benzene rings is 2. The summed E-state index contributed by atoms with van der Waals surface area (Å²) in [7, 11) is 1.71. The molecule has 28 heavy (non-hydrogen) atoms. The van der Waals surface area contributed by atoms with Gasteiger partial charge in [-0.1, -0.05) is 44.5 Å². The van der Waals surface area contributed by atoms with Crippen LogP contribution in [0.25, 0.3) is 0 Å². The maximum Gasteiger partial charge on any atom is 0.120 e. The summed E-state index contributed by atoms with van der Waals surface area (Å²) in [6.45, 7) is 7.69. The van der Waals surface area contributed by atoms with E-state index in [1.54, 1.807) is 7.11 Å². The lowest BCUT2D eigenvalue weighted by Crippen LogP contribution is -2.29. The van der Waals surface area contributed by atoms with Gasteiger partial charge in [0.15, 0.2) is 0 Å². The van der Waals surface area contributed by atoms with Gasteiger partial charge in [-0.3, -0.25) is 4.90 Å². The van der Waals surface area contributed by atoms with Gasteiger partial charge in [-0.25, -0.2) is 0 Å². The fourth-order valence-corrected chi connectivity index (χ4v) is 4.68. The largest absolute Gasteiger partial charge is 0.508 e. The highest BCUT2D eigenvalue weighted by molar-refractivity contribution is 5.40. The van der Waals surface area contributed by atoms with E-state index in [1.165, 1.54) is 30.4 Å². The molecule has 1 aliphatic heterocycles. The number of phenolic OH excluding ortho intramolecular Hbond substituents is 1. The predicted molar refractivity (Wildman–Crippen MR) is 116 cm³/mol. The number of phenols is 1. The Labute approximate surface area is 170 Å². The highest BCUT2D eigenvalue weighted by Gasteiger charge is 2.23. The molecular weight excluding hydrogens is 346 g/mol. The highest BCUT2D eigenvalue weighted by atomic mass is 16.5. The Morgan fingerprint density at radius 3 is 2.11 bits per heavy atom. The molecule has 2 aromatic rings. The van der Waals surface area contributed by atoms with Crippen molar-refractivity contribution in [1.29, 1.82) is 0 Å². The van der Waals surface area contributed by atoms with Gasteiger partial charge in [0.1, 0.15) is 11.5 Å². The van der Waals surface area contributed by atoms with E-state index in [4.69, 9.17) is 4.74 Å². The molecule has 0 amide bonds. The zero-order chi connectivity index (χ0) is 19.9. The number of nitrogens with zero attached hydrogens (tertiary/aromatic N) is 1. The first-order valence-corrected chi connectivity index (χ1v) is 10.8. The quantitative estimate of drug-likeness (QED) is 0.602. The van der Waals surface area contributed by atoms with E-state index >= 15 is 0 Å². The minimum atomic E-state index is 0.432. The lowest BCUT2D eigenvalue weighted by Gasteiger charge is -2.29. The topological polar surface area (TPSA) is 32.7 Å². The van der Waals surface area contributed by atoms with Crippen molar-refractivity contribution >= 4 is 0 Å². The summed E-state index contributed by atoms with van der Waals surface area (Å²) in [5, 5.41) is 10.5. The third kappa shape index (κ3) is 4.88. The molecule has 0 radical (unpaired) electrons. The van der Waals surface area contributed by atoms with E-state index in [0.717, 1.165) is 43.8 Å². The van der Waals surface area contributed by atoms with E-state index in [0.29, 0.717) is 17.6 Å². The van der Waals surface area contributed by atoms with Crippen LogP contribution in [0.4, 0.5) is 0 Å². The number of ether oxygens (including phenoxy) is 1. The first-order chi connectivity index (χ1) is 13.7. The van der Waals surface area contributed by atoms with Gasteiger partial charge in [0.05, 0.1) is 7.11 Å². The van der Waals surface area contributed by atoms with Crippen LogP contribution in [0.2, 0.25) is 0 Å². The molecule has 3 rings (SSSR count). The molecule has 1 saturated heterocycles. The maximum absolute atomic E-state index is 10.5. The number of rotatable bonds is 8. The summed E-state index contributed by atoms with van der Waals surface area (Å²) in [6.07, 6.45) is 6.05. The molecule has 2 atom stereocenters. The number of piperidine rings is 1.